The molecule has 216 valence electrons. The van der Waals surface area contributed by atoms with Crippen LogP contribution in [-0.2, 0) is 25.9 Å². The number of aromatic nitrogens is 2. The minimum absolute atomic E-state index is 0.820. The van der Waals surface area contributed by atoms with E-state index in [1.165, 1.54) is 127 Å². The molecule has 0 aliphatic heterocycles. The molecule has 0 radical (unpaired) electrons. The molecule has 0 atom stereocenters. The molecule has 0 saturated heterocycles. The van der Waals surface area contributed by atoms with E-state index in [-0.39, 0.29) is 0 Å². The molecule has 0 N–H and O–H groups in total. The molecule has 0 aliphatic carbocycles. The highest BCUT2D eigenvalue weighted by atomic mass is 14.9. The van der Waals surface area contributed by atoms with Gasteiger partial charge in [0.1, 0.15) is 13.1 Å². The van der Waals surface area contributed by atoms with Crippen LogP contribution < -0.4 is 9.13 Å². The van der Waals surface area contributed by atoms with E-state index in [1.807, 2.05) is 13.8 Å². The topological polar surface area (TPSA) is 7.76 Å². The van der Waals surface area contributed by atoms with Crippen LogP contribution in [0.2, 0.25) is 0 Å². The lowest BCUT2D eigenvalue weighted by Gasteiger charge is -2.04. The minimum Gasteiger partial charge on any atom is -0.205 e. The van der Waals surface area contributed by atoms with Gasteiger partial charge in [0, 0.05) is 37.1 Å². The molecule has 0 fully saturated rings. The molecule has 0 unspecified atom stereocenters. The molecule has 0 saturated carbocycles. The lowest BCUT2D eigenvalue weighted by Crippen LogP contribution is -2.32. The average molecular weight is 525 g/mol. The maximum absolute atomic E-state index is 2.37. The summed E-state index contributed by atoms with van der Waals surface area (Å²) in [6, 6.07) is 9.30. The molecule has 2 aromatic heterocycles. The Balaban J connectivity index is 0.00000352. The fourth-order valence-corrected chi connectivity index (χ4v) is 5.04. The van der Waals surface area contributed by atoms with Gasteiger partial charge in [0.15, 0.2) is 24.8 Å². The lowest BCUT2D eigenvalue weighted by molar-refractivity contribution is -0.697. The molecule has 2 heteroatoms. The molecule has 0 bridgehead atoms. The number of pyridine rings is 2. The molecule has 2 nitrogen and oxygen atoms in total. The number of aryl methyl sites for hydroxylation is 4. The third kappa shape index (κ3) is 18.5. The van der Waals surface area contributed by atoms with Gasteiger partial charge in [-0.2, -0.15) is 0 Å². The predicted molar refractivity (Wildman–Crippen MR) is 166 cm³/mol. The number of nitrogens with zero attached hydrogens (tertiary/aromatic N) is 2. The first kappa shape index (κ1) is 34.3. The first-order chi connectivity index (χ1) is 18.5. The summed E-state index contributed by atoms with van der Waals surface area (Å²) in [7, 11) is 0. The Morgan fingerprint density at radius 3 is 1.03 bits per heavy atom. The zero-order chi connectivity index (χ0) is 27.8. The molecular formula is C36H64N2+2. The second kappa shape index (κ2) is 23.2. The third-order valence-corrected chi connectivity index (χ3v) is 7.50. The molecule has 2 heterocycles. The van der Waals surface area contributed by atoms with Crippen LogP contribution in [0.3, 0.4) is 0 Å². The van der Waals surface area contributed by atoms with Gasteiger partial charge in [-0.25, -0.2) is 9.13 Å². The molecule has 0 spiro atoms. The lowest BCUT2D eigenvalue weighted by atomic mass is 10.0. The highest BCUT2D eigenvalue weighted by Gasteiger charge is 2.04. The van der Waals surface area contributed by atoms with E-state index in [1.54, 1.807) is 0 Å². The van der Waals surface area contributed by atoms with Gasteiger partial charge >= 0.3 is 0 Å². The van der Waals surface area contributed by atoms with Gasteiger partial charge in [-0.15, -0.1) is 0 Å². The summed E-state index contributed by atoms with van der Waals surface area (Å²) in [5.41, 5.74) is 2.99. The second-order valence-corrected chi connectivity index (χ2v) is 12.0. The van der Waals surface area contributed by atoms with Gasteiger partial charge in [-0.1, -0.05) is 92.9 Å². The highest BCUT2D eigenvalue weighted by molar-refractivity contribution is 5.07. The standard InChI is InChI=1S/C34H58N2.C2H6/c1-31(2)17-15-19-33-21-27-35(28-22-33)25-13-11-9-7-5-6-8-10-12-14-26-36-29-23-34(24-30-36)20-16-18-32(3)4;1-2/h21-24,27-32H,5-20,25-26H2,1-4H3;1-2H3/q+2;. The summed E-state index contributed by atoms with van der Waals surface area (Å²) in [5.74, 6) is 1.64. The Morgan fingerprint density at radius 2 is 0.737 bits per heavy atom. The van der Waals surface area contributed by atoms with Crippen LogP contribution in [0.15, 0.2) is 49.1 Å². The predicted octanol–water partition coefficient (Wildman–Crippen LogP) is 9.85. The van der Waals surface area contributed by atoms with Crippen molar-refractivity contribution in [3.05, 3.63) is 60.2 Å². The van der Waals surface area contributed by atoms with Crippen molar-refractivity contribution in [3.63, 3.8) is 0 Å². The Hall–Kier alpha value is -1.70. The third-order valence-electron chi connectivity index (χ3n) is 7.50. The molecule has 0 aliphatic rings. The van der Waals surface area contributed by atoms with Crippen molar-refractivity contribution in [2.45, 2.75) is 157 Å². The fourth-order valence-electron chi connectivity index (χ4n) is 5.04. The van der Waals surface area contributed by atoms with Crippen molar-refractivity contribution in [1.82, 2.24) is 0 Å². The van der Waals surface area contributed by atoms with Gasteiger partial charge in [0.2, 0.25) is 0 Å². The molecule has 38 heavy (non-hydrogen) atoms. The fraction of sp³-hybridized carbons (Fsp3) is 0.722. The summed E-state index contributed by atoms with van der Waals surface area (Å²) in [4.78, 5) is 0. The molecule has 0 amide bonds. The Morgan fingerprint density at radius 1 is 0.447 bits per heavy atom. The van der Waals surface area contributed by atoms with Gasteiger partial charge < -0.3 is 0 Å². The van der Waals surface area contributed by atoms with Crippen LogP contribution in [0.5, 0.6) is 0 Å². The zero-order valence-electron chi connectivity index (χ0n) is 26.4. The van der Waals surface area contributed by atoms with Gasteiger partial charge in [0.25, 0.3) is 0 Å². The van der Waals surface area contributed by atoms with E-state index < -0.39 is 0 Å². The summed E-state index contributed by atoms with van der Waals surface area (Å²) in [6.45, 7) is 15.6. The van der Waals surface area contributed by atoms with Crippen molar-refractivity contribution >= 4 is 0 Å². The Bertz CT molecular complexity index is 693. The van der Waals surface area contributed by atoms with Crippen LogP contribution in [0, 0.1) is 11.8 Å². The molecule has 0 aromatic carbocycles. The van der Waals surface area contributed by atoms with E-state index in [4.69, 9.17) is 0 Å². The van der Waals surface area contributed by atoms with Crippen molar-refractivity contribution in [2.75, 3.05) is 0 Å². The normalized spacial score (nSPS) is 11.2. The summed E-state index contributed by atoms with van der Waals surface area (Å²) >= 11 is 0. The number of hydrogen-bond acceptors (Lipinski definition) is 0. The largest absolute Gasteiger partial charge is 0.205 e. The van der Waals surface area contributed by atoms with Gasteiger partial charge in [-0.3, -0.25) is 0 Å². The first-order valence-corrected chi connectivity index (χ1v) is 16.5. The van der Waals surface area contributed by atoms with E-state index in [0.717, 1.165) is 11.8 Å². The average Bonchev–Trinajstić information content (AvgIpc) is 2.91. The Labute approximate surface area is 238 Å². The maximum atomic E-state index is 2.37. The molecular weight excluding hydrogens is 460 g/mol. The SMILES string of the molecule is CC.CC(C)CCCc1cc[n+](CCCCCCCCCCCC[n+]2ccc(CCCC(C)C)cc2)cc1. The molecule has 2 rings (SSSR count). The monoisotopic (exact) mass is 525 g/mol. The highest BCUT2D eigenvalue weighted by Crippen LogP contribution is 2.12. The smallest absolute Gasteiger partial charge is 0.169 e. The van der Waals surface area contributed by atoms with Crippen LogP contribution in [0.25, 0.3) is 0 Å². The van der Waals surface area contributed by atoms with Crippen LogP contribution in [-0.4, -0.2) is 0 Å². The zero-order valence-corrected chi connectivity index (χ0v) is 26.4. The van der Waals surface area contributed by atoms with Crippen molar-refractivity contribution < 1.29 is 9.13 Å². The van der Waals surface area contributed by atoms with Gasteiger partial charge in [-0.05, 0) is 61.5 Å². The number of unbranched alkanes of at least 4 members (excludes halogenated alkanes) is 9. The Kier molecular flexibility index (Phi) is 21.0. The van der Waals surface area contributed by atoms with Crippen molar-refractivity contribution in [3.8, 4) is 0 Å². The minimum atomic E-state index is 0.820. The first-order valence-electron chi connectivity index (χ1n) is 16.5. The maximum Gasteiger partial charge on any atom is 0.169 e. The van der Waals surface area contributed by atoms with Crippen LogP contribution >= 0.6 is 0 Å². The number of hydrogen-bond donors (Lipinski definition) is 0. The van der Waals surface area contributed by atoms with Gasteiger partial charge in [0.05, 0.1) is 0 Å². The summed E-state index contributed by atoms with van der Waals surface area (Å²) in [6.07, 6.45) is 30.7. The van der Waals surface area contributed by atoms with E-state index in [2.05, 4.69) is 85.9 Å². The van der Waals surface area contributed by atoms with E-state index in [0.29, 0.717) is 0 Å². The summed E-state index contributed by atoms with van der Waals surface area (Å²) in [5, 5.41) is 0. The van der Waals surface area contributed by atoms with Crippen LogP contribution in [0.1, 0.15) is 143 Å². The van der Waals surface area contributed by atoms with Crippen molar-refractivity contribution in [2.24, 2.45) is 11.8 Å². The number of rotatable bonds is 21. The van der Waals surface area contributed by atoms with Crippen LogP contribution in [0.4, 0.5) is 0 Å². The van der Waals surface area contributed by atoms with Crippen molar-refractivity contribution in [1.29, 1.82) is 0 Å². The second-order valence-electron chi connectivity index (χ2n) is 12.0. The quantitative estimate of drug-likeness (QED) is 0.113. The summed E-state index contributed by atoms with van der Waals surface area (Å²) < 4.78 is 4.74. The van der Waals surface area contributed by atoms with E-state index >= 15 is 0 Å². The molecule has 2 aromatic rings. The van der Waals surface area contributed by atoms with E-state index in [9.17, 15) is 0 Å².